The molecule has 0 radical (unpaired) electrons. The van der Waals surface area contributed by atoms with Crippen LogP contribution in [0.3, 0.4) is 0 Å². The Kier molecular flexibility index (Phi) is 6.78. The zero-order chi connectivity index (χ0) is 27.2. The lowest BCUT2D eigenvalue weighted by molar-refractivity contribution is -0.120. The van der Waals surface area contributed by atoms with Crippen LogP contribution in [0, 0.1) is 24.7 Å². The number of nitrogens with one attached hydrogen (secondary N) is 1. The van der Waals surface area contributed by atoms with Gasteiger partial charge in [0.2, 0.25) is 15.9 Å². The molecular formula is C33H38N2O3S. The van der Waals surface area contributed by atoms with E-state index in [4.69, 9.17) is 0 Å². The third kappa shape index (κ3) is 5.36. The Morgan fingerprint density at radius 2 is 1.38 bits per heavy atom. The molecule has 3 aromatic rings. The minimum atomic E-state index is -3.67. The zero-order valence-corrected chi connectivity index (χ0v) is 23.7. The maximum absolute atomic E-state index is 13.4. The molecule has 0 aliphatic heterocycles. The van der Waals surface area contributed by atoms with Crippen molar-refractivity contribution in [1.29, 1.82) is 0 Å². The second-order valence-corrected chi connectivity index (χ2v) is 14.2. The van der Waals surface area contributed by atoms with Gasteiger partial charge in [-0.2, -0.15) is 0 Å². The number of hydrogen-bond donors (Lipinski definition) is 1. The number of hydrogen-bond acceptors (Lipinski definition) is 3. The Morgan fingerprint density at radius 3 is 1.92 bits per heavy atom. The normalized spacial score (nSPS) is 26.3. The molecule has 0 spiro atoms. The van der Waals surface area contributed by atoms with Gasteiger partial charge in [-0.05, 0) is 97.4 Å². The van der Waals surface area contributed by atoms with Gasteiger partial charge in [0.05, 0.1) is 18.0 Å². The molecule has 4 saturated carbocycles. The topological polar surface area (TPSA) is 66.5 Å². The Balaban J connectivity index is 1.22. The van der Waals surface area contributed by atoms with Crippen molar-refractivity contribution in [3.05, 3.63) is 101 Å². The third-order valence-electron chi connectivity index (χ3n) is 9.34. The minimum absolute atomic E-state index is 0.248. The van der Waals surface area contributed by atoms with Crippen molar-refractivity contribution in [3.63, 3.8) is 0 Å². The van der Waals surface area contributed by atoms with Crippen molar-refractivity contribution in [2.45, 2.75) is 56.9 Å². The van der Waals surface area contributed by atoms with E-state index in [0.29, 0.717) is 5.69 Å². The van der Waals surface area contributed by atoms with Crippen LogP contribution in [-0.2, 0) is 20.2 Å². The van der Waals surface area contributed by atoms with Gasteiger partial charge >= 0.3 is 0 Å². The number of carbonyl (C=O) groups is 1. The fourth-order valence-corrected chi connectivity index (χ4v) is 8.80. The SMILES string of the molecule is Cc1ccc([C@@H](NC(=O)CN(c2ccc(C34CC5CC(CC(C5)C3)C4)cc2)S(C)(=O)=O)c2ccccc2)cc1. The number of benzene rings is 3. The average Bonchev–Trinajstić information content (AvgIpc) is 2.90. The maximum atomic E-state index is 13.4. The number of sulfonamides is 1. The molecule has 1 N–H and O–H groups in total. The standard InChI is InChI=1S/C33H38N2O3S/c1-23-8-10-28(11-9-23)32(27-6-4-3-5-7-27)34-31(36)22-35(39(2,37)38)30-14-12-29(13-15-30)33-19-24-16-25(20-33)18-26(17-24)21-33/h3-15,24-26,32H,16-22H2,1-2H3,(H,34,36)/t24?,25?,26?,32-,33?/m0/s1. The van der Waals surface area contributed by atoms with E-state index >= 15 is 0 Å². The summed E-state index contributed by atoms with van der Waals surface area (Å²) in [5.41, 5.74) is 5.15. The highest BCUT2D eigenvalue weighted by atomic mass is 32.2. The summed E-state index contributed by atoms with van der Waals surface area (Å²) in [7, 11) is -3.67. The maximum Gasteiger partial charge on any atom is 0.241 e. The number of anilines is 1. The molecule has 4 aliphatic rings. The molecule has 0 aromatic heterocycles. The molecule has 1 amide bonds. The van der Waals surface area contributed by atoms with Crippen LogP contribution in [0.2, 0.25) is 0 Å². The minimum Gasteiger partial charge on any atom is -0.344 e. The fourth-order valence-electron chi connectivity index (χ4n) is 7.95. The molecule has 4 aliphatic carbocycles. The predicted octanol–water partition coefficient (Wildman–Crippen LogP) is 6.13. The summed E-state index contributed by atoms with van der Waals surface area (Å²) >= 11 is 0. The molecule has 4 bridgehead atoms. The van der Waals surface area contributed by atoms with Crippen molar-refractivity contribution in [1.82, 2.24) is 5.32 Å². The van der Waals surface area contributed by atoms with Crippen LogP contribution in [0.25, 0.3) is 0 Å². The molecule has 1 atom stereocenters. The molecule has 6 heteroatoms. The van der Waals surface area contributed by atoms with E-state index in [9.17, 15) is 13.2 Å². The Bertz CT molecular complexity index is 1400. The number of nitrogens with zero attached hydrogens (tertiary/aromatic N) is 1. The summed E-state index contributed by atoms with van der Waals surface area (Å²) in [6, 6.07) is 25.5. The second-order valence-electron chi connectivity index (χ2n) is 12.3. The average molecular weight is 543 g/mol. The van der Waals surface area contributed by atoms with Crippen LogP contribution in [0.15, 0.2) is 78.9 Å². The quantitative estimate of drug-likeness (QED) is 0.372. The van der Waals surface area contributed by atoms with Gasteiger partial charge in [0, 0.05) is 0 Å². The Labute approximate surface area is 232 Å². The summed E-state index contributed by atoms with van der Waals surface area (Å²) in [4.78, 5) is 13.4. The van der Waals surface area contributed by atoms with E-state index in [-0.39, 0.29) is 23.9 Å². The number of rotatable bonds is 8. The molecule has 0 heterocycles. The number of carbonyl (C=O) groups excluding carboxylic acids is 1. The van der Waals surface area contributed by atoms with E-state index in [0.717, 1.165) is 34.4 Å². The first-order valence-corrected chi connectivity index (χ1v) is 16.0. The smallest absolute Gasteiger partial charge is 0.241 e. The van der Waals surface area contributed by atoms with Gasteiger partial charge in [0.25, 0.3) is 0 Å². The summed E-state index contributed by atoms with van der Waals surface area (Å²) in [5, 5.41) is 3.10. The highest BCUT2D eigenvalue weighted by Crippen LogP contribution is 2.60. The first-order chi connectivity index (χ1) is 18.7. The molecule has 4 fully saturated rings. The van der Waals surface area contributed by atoms with E-state index in [2.05, 4.69) is 17.4 Å². The monoisotopic (exact) mass is 542 g/mol. The van der Waals surface area contributed by atoms with E-state index in [1.54, 1.807) is 0 Å². The first-order valence-electron chi connectivity index (χ1n) is 14.2. The first kappa shape index (κ1) is 26.1. The van der Waals surface area contributed by atoms with Gasteiger partial charge in [-0.1, -0.05) is 72.3 Å². The van der Waals surface area contributed by atoms with Crippen molar-refractivity contribution in [2.75, 3.05) is 17.1 Å². The molecule has 3 aromatic carbocycles. The number of aryl methyl sites for hydroxylation is 1. The van der Waals surface area contributed by atoms with Gasteiger partial charge in [-0.15, -0.1) is 0 Å². The van der Waals surface area contributed by atoms with Crippen molar-refractivity contribution in [3.8, 4) is 0 Å². The van der Waals surface area contributed by atoms with E-state index in [1.165, 1.54) is 54.6 Å². The van der Waals surface area contributed by atoms with Gasteiger partial charge in [0.15, 0.2) is 0 Å². The molecule has 7 rings (SSSR count). The zero-order valence-electron chi connectivity index (χ0n) is 22.8. The lowest BCUT2D eigenvalue weighted by atomic mass is 9.48. The molecule has 5 nitrogen and oxygen atoms in total. The summed E-state index contributed by atoms with van der Waals surface area (Å²) in [5.74, 6) is 2.19. The fraction of sp³-hybridized carbons (Fsp3) is 0.424. The van der Waals surface area contributed by atoms with Gasteiger partial charge in [-0.3, -0.25) is 9.10 Å². The van der Waals surface area contributed by atoms with E-state index in [1.807, 2.05) is 73.7 Å². The highest BCUT2D eigenvalue weighted by Gasteiger charge is 2.51. The highest BCUT2D eigenvalue weighted by molar-refractivity contribution is 7.92. The molecule has 0 unspecified atom stereocenters. The van der Waals surface area contributed by atoms with Crippen LogP contribution in [0.4, 0.5) is 5.69 Å². The third-order valence-corrected chi connectivity index (χ3v) is 10.5. The Morgan fingerprint density at radius 1 is 0.846 bits per heavy atom. The summed E-state index contributed by atoms with van der Waals surface area (Å²) in [6.07, 6.45) is 9.12. The lowest BCUT2D eigenvalue weighted by Gasteiger charge is -2.57. The van der Waals surface area contributed by atoms with Crippen molar-refractivity contribution in [2.24, 2.45) is 17.8 Å². The van der Waals surface area contributed by atoms with Gasteiger partial charge in [0.1, 0.15) is 6.54 Å². The second kappa shape index (κ2) is 10.1. The van der Waals surface area contributed by atoms with Crippen molar-refractivity contribution < 1.29 is 13.2 Å². The van der Waals surface area contributed by atoms with Crippen LogP contribution in [0.1, 0.15) is 66.8 Å². The molecule has 204 valence electrons. The van der Waals surface area contributed by atoms with Gasteiger partial charge in [-0.25, -0.2) is 8.42 Å². The van der Waals surface area contributed by atoms with Crippen molar-refractivity contribution >= 4 is 21.6 Å². The van der Waals surface area contributed by atoms with Crippen LogP contribution >= 0.6 is 0 Å². The molecular weight excluding hydrogens is 504 g/mol. The Hall–Kier alpha value is -3.12. The van der Waals surface area contributed by atoms with Crippen LogP contribution < -0.4 is 9.62 Å². The largest absolute Gasteiger partial charge is 0.344 e. The van der Waals surface area contributed by atoms with E-state index < -0.39 is 10.0 Å². The molecule has 0 saturated heterocycles. The lowest BCUT2D eigenvalue weighted by Crippen LogP contribution is -2.48. The molecule has 39 heavy (non-hydrogen) atoms. The van der Waals surface area contributed by atoms with Crippen LogP contribution in [0.5, 0.6) is 0 Å². The number of amides is 1. The van der Waals surface area contributed by atoms with Gasteiger partial charge < -0.3 is 5.32 Å². The summed E-state index contributed by atoms with van der Waals surface area (Å²) < 4.78 is 27.0. The summed E-state index contributed by atoms with van der Waals surface area (Å²) in [6.45, 7) is 1.75. The predicted molar refractivity (Wildman–Crippen MR) is 156 cm³/mol. The van der Waals surface area contributed by atoms with Crippen LogP contribution in [-0.4, -0.2) is 27.1 Å².